The van der Waals surface area contributed by atoms with Gasteiger partial charge >= 0.3 is 5.76 Å². The van der Waals surface area contributed by atoms with Crippen molar-refractivity contribution < 1.29 is 9.21 Å². The predicted molar refractivity (Wildman–Crippen MR) is 69.7 cm³/mol. The van der Waals surface area contributed by atoms with E-state index in [2.05, 4.69) is 9.97 Å². The summed E-state index contributed by atoms with van der Waals surface area (Å²) < 4.78 is 5.04. The number of nitrogens with one attached hydrogen (secondary N) is 1. The van der Waals surface area contributed by atoms with E-state index < -0.39 is 5.76 Å². The molecule has 2 aliphatic heterocycles. The van der Waals surface area contributed by atoms with Gasteiger partial charge in [-0.15, -0.1) is 0 Å². The molecule has 0 radical (unpaired) electrons. The summed E-state index contributed by atoms with van der Waals surface area (Å²) in [6.07, 6.45) is 4.76. The molecule has 19 heavy (non-hydrogen) atoms. The molecule has 102 valence electrons. The number of oxazole rings is 1. The van der Waals surface area contributed by atoms with Crippen molar-refractivity contribution >= 4 is 5.91 Å². The average molecular weight is 263 g/mol. The third kappa shape index (κ3) is 3.01. The zero-order chi connectivity index (χ0) is 13.8. The lowest BCUT2D eigenvalue weighted by atomic mass is 9.96. The number of rotatable bonds is 6. The smallest absolute Gasteiger partial charge is 0.404 e. The molecule has 0 saturated heterocycles. The number of primary amides is 1. The van der Waals surface area contributed by atoms with Crippen LogP contribution in [0.1, 0.15) is 31.7 Å². The van der Waals surface area contributed by atoms with Crippen LogP contribution >= 0.6 is 0 Å². The molecular formula is C13H17N3O3. The highest BCUT2D eigenvalue weighted by Gasteiger charge is 2.16. The molecule has 3 N–H and O–H groups in total. The van der Waals surface area contributed by atoms with Gasteiger partial charge in [0.2, 0.25) is 5.91 Å². The van der Waals surface area contributed by atoms with E-state index in [9.17, 15) is 9.59 Å². The van der Waals surface area contributed by atoms with Crippen LogP contribution in [0.3, 0.4) is 0 Å². The van der Waals surface area contributed by atoms with E-state index >= 15 is 0 Å². The minimum Gasteiger partial charge on any atom is -0.404 e. The summed E-state index contributed by atoms with van der Waals surface area (Å²) in [6.45, 7) is 1.95. The monoisotopic (exact) mass is 263 g/mol. The maximum absolute atomic E-state index is 11.1. The van der Waals surface area contributed by atoms with Crippen LogP contribution in [0.5, 0.6) is 0 Å². The predicted octanol–water partition coefficient (Wildman–Crippen LogP) is 1.30. The first-order chi connectivity index (χ1) is 9.11. The molecule has 0 aromatic rings. The Morgan fingerprint density at radius 3 is 3.05 bits per heavy atom. The molecule has 2 aliphatic rings. The van der Waals surface area contributed by atoms with Crippen molar-refractivity contribution in [3.8, 4) is 11.6 Å². The fourth-order valence-corrected chi connectivity index (χ4v) is 2.20. The van der Waals surface area contributed by atoms with Crippen molar-refractivity contribution in [1.82, 2.24) is 9.97 Å². The van der Waals surface area contributed by atoms with Crippen LogP contribution in [0.2, 0.25) is 0 Å². The number of amides is 1. The lowest BCUT2D eigenvalue weighted by Gasteiger charge is -2.10. The quantitative estimate of drug-likeness (QED) is 0.820. The van der Waals surface area contributed by atoms with Gasteiger partial charge in [0.1, 0.15) is 0 Å². The SMILES string of the molecule is CCC(CCCc1cc[nH]c2nc(=O)oc1-2)C(N)=O. The van der Waals surface area contributed by atoms with Gasteiger partial charge in [0, 0.05) is 17.7 Å². The Labute approximate surface area is 110 Å². The number of nitrogens with two attached hydrogens (primary N) is 1. The minimum atomic E-state index is -0.595. The molecule has 6 nitrogen and oxygen atoms in total. The van der Waals surface area contributed by atoms with Gasteiger partial charge in [-0.05, 0) is 31.7 Å². The third-order valence-corrected chi connectivity index (χ3v) is 3.30. The zero-order valence-corrected chi connectivity index (χ0v) is 10.8. The Kier molecular flexibility index (Phi) is 3.99. The largest absolute Gasteiger partial charge is 0.441 e. The van der Waals surface area contributed by atoms with Crippen LogP contribution in [0.15, 0.2) is 21.5 Å². The van der Waals surface area contributed by atoms with E-state index in [4.69, 9.17) is 10.2 Å². The van der Waals surface area contributed by atoms with Gasteiger partial charge in [0.15, 0.2) is 11.6 Å². The Morgan fingerprint density at radius 1 is 1.58 bits per heavy atom. The first-order valence-corrected chi connectivity index (χ1v) is 6.38. The van der Waals surface area contributed by atoms with Crippen LogP contribution in [0.4, 0.5) is 0 Å². The highest BCUT2D eigenvalue weighted by molar-refractivity contribution is 5.76. The summed E-state index contributed by atoms with van der Waals surface area (Å²) >= 11 is 0. The lowest BCUT2D eigenvalue weighted by molar-refractivity contribution is -0.122. The number of aromatic amines is 1. The number of H-pyrrole nitrogens is 1. The summed E-state index contributed by atoms with van der Waals surface area (Å²) in [4.78, 5) is 28.8. The highest BCUT2D eigenvalue weighted by atomic mass is 16.4. The molecule has 0 aromatic heterocycles. The summed E-state index contributed by atoms with van der Waals surface area (Å²) in [5.74, 6) is 0.0254. The molecule has 2 rings (SSSR count). The van der Waals surface area contributed by atoms with Crippen LogP contribution < -0.4 is 11.5 Å². The average Bonchev–Trinajstić information content (AvgIpc) is 2.75. The molecule has 0 spiro atoms. The van der Waals surface area contributed by atoms with E-state index in [1.807, 2.05) is 13.0 Å². The molecular weight excluding hydrogens is 246 g/mol. The first kappa shape index (κ1) is 13.3. The second-order valence-electron chi connectivity index (χ2n) is 4.56. The number of aromatic nitrogens is 2. The van der Waals surface area contributed by atoms with Crippen LogP contribution in [-0.2, 0) is 11.2 Å². The summed E-state index contributed by atoms with van der Waals surface area (Å²) in [6, 6.07) is 1.86. The topological polar surface area (TPSA) is 102 Å². The molecule has 0 saturated carbocycles. The summed E-state index contributed by atoms with van der Waals surface area (Å²) in [5, 5.41) is 0. The van der Waals surface area contributed by atoms with Crippen molar-refractivity contribution in [2.24, 2.45) is 11.7 Å². The maximum Gasteiger partial charge on any atom is 0.441 e. The normalized spacial score (nSPS) is 12.7. The molecule has 0 fully saturated rings. The van der Waals surface area contributed by atoms with Gasteiger partial charge in [-0.25, -0.2) is 4.79 Å². The molecule has 1 amide bonds. The van der Waals surface area contributed by atoms with Crippen molar-refractivity contribution in [2.45, 2.75) is 32.6 Å². The van der Waals surface area contributed by atoms with Gasteiger partial charge in [-0.2, -0.15) is 4.98 Å². The first-order valence-electron chi connectivity index (χ1n) is 6.38. The van der Waals surface area contributed by atoms with E-state index in [1.165, 1.54) is 0 Å². The fourth-order valence-electron chi connectivity index (χ4n) is 2.20. The number of hydrogen-bond acceptors (Lipinski definition) is 4. The number of carbonyl (C=O) groups is 1. The van der Waals surface area contributed by atoms with Crippen LogP contribution in [-0.4, -0.2) is 15.9 Å². The standard InChI is InChI=1S/C13H17N3O3/c1-2-8(11(14)17)4-3-5-9-6-7-15-12-10(9)19-13(18)16-12/h6-8H,2-5H2,1H3,(H2,14,17)(H,15,16,18). The molecule has 6 heteroatoms. The van der Waals surface area contributed by atoms with Gasteiger partial charge in [0.25, 0.3) is 0 Å². The van der Waals surface area contributed by atoms with Gasteiger partial charge in [-0.1, -0.05) is 6.92 Å². The zero-order valence-electron chi connectivity index (χ0n) is 10.8. The number of pyridine rings is 1. The van der Waals surface area contributed by atoms with Crippen LogP contribution in [0, 0.1) is 5.92 Å². The Balaban J connectivity index is 2.02. The fraction of sp³-hybridized carbons (Fsp3) is 0.462. The lowest BCUT2D eigenvalue weighted by Crippen LogP contribution is -2.22. The Hall–Kier alpha value is -2.11. The molecule has 1 atom stereocenters. The second-order valence-corrected chi connectivity index (χ2v) is 4.56. The molecule has 2 heterocycles. The van der Waals surface area contributed by atoms with Gasteiger partial charge in [-0.3, -0.25) is 4.79 Å². The molecule has 0 aromatic carbocycles. The second kappa shape index (κ2) is 5.69. The maximum atomic E-state index is 11.1. The van der Waals surface area contributed by atoms with E-state index in [0.717, 1.165) is 31.2 Å². The number of carbonyl (C=O) groups excluding carboxylic acids is 1. The Bertz CT molecular complexity index is 587. The van der Waals surface area contributed by atoms with Crippen molar-refractivity contribution in [3.05, 3.63) is 28.4 Å². The Morgan fingerprint density at radius 2 is 2.37 bits per heavy atom. The van der Waals surface area contributed by atoms with Gasteiger partial charge < -0.3 is 15.1 Å². The van der Waals surface area contributed by atoms with Crippen molar-refractivity contribution in [1.29, 1.82) is 0 Å². The molecule has 1 unspecified atom stereocenters. The third-order valence-electron chi connectivity index (χ3n) is 3.30. The summed E-state index contributed by atoms with van der Waals surface area (Å²) in [5.41, 5.74) is 6.23. The van der Waals surface area contributed by atoms with Crippen molar-refractivity contribution in [3.63, 3.8) is 0 Å². The number of nitrogens with zero attached hydrogens (tertiary/aromatic N) is 1. The highest BCUT2D eigenvalue weighted by Crippen LogP contribution is 2.22. The summed E-state index contributed by atoms with van der Waals surface area (Å²) in [7, 11) is 0. The van der Waals surface area contributed by atoms with Crippen molar-refractivity contribution in [2.75, 3.05) is 0 Å². The minimum absolute atomic E-state index is 0.0874. The molecule has 0 aliphatic carbocycles. The molecule has 0 bridgehead atoms. The number of aryl methyl sites for hydroxylation is 1. The number of hydrogen-bond donors (Lipinski definition) is 2. The number of fused-ring (bicyclic) bond motifs is 1. The van der Waals surface area contributed by atoms with E-state index in [1.54, 1.807) is 6.20 Å². The van der Waals surface area contributed by atoms with E-state index in [-0.39, 0.29) is 11.8 Å². The van der Waals surface area contributed by atoms with Crippen LogP contribution in [0.25, 0.3) is 11.6 Å². The van der Waals surface area contributed by atoms with E-state index in [0.29, 0.717) is 11.6 Å². The van der Waals surface area contributed by atoms with Gasteiger partial charge in [0.05, 0.1) is 0 Å².